The maximum atomic E-state index is 12.3. The topological polar surface area (TPSA) is 80.3 Å². The van der Waals surface area contributed by atoms with Gasteiger partial charge in [0.05, 0.1) is 0 Å². The standard InChI is InChI=1S/C22H23N3O3S/c1-22(2,3)16-7-9-18(10-8-16)28-14-19(26)24-17-6-4-5-15(13-17)20(27)25-21-23-11-12-29-21/h4-13H,14H2,1-3H3,(H,24,26)(H,23,25,27). The highest BCUT2D eigenvalue weighted by Crippen LogP contribution is 2.24. The number of nitrogens with one attached hydrogen (secondary N) is 2. The lowest BCUT2D eigenvalue weighted by atomic mass is 9.87. The van der Waals surface area contributed by atoms with Gasteiger partial charge in [-0.15, -0.1) is 11.3 Å². The molecule has 2 amide bonds. The fourth-order valence-electron chi connectivity index (χ4n) is 2.59. The summed E-state index contributed by atoms with van der Waals surface area (Å²) in [5, 5.41) is 7.76. The average Bonchev–Trinajstić information content (AvgIpc) is 3.19. The molecule has 0 unspecified atom stereocenters. The normalized spacial score (nSPS) is 11.0. The van der Waals surface area contributed by atoms with Crippen molar-refractivity contribution in [1.29, 1.82) is 0 Å². The molecular formula is C22H23N3O3S. The first-order valence-electron chi connectivity index (χ1n) is 9.15. The summed E-state index contributed by atoms with van der Waals surface area (Å²) < 4.78 is 5.56. The Balaban J connectivity index is 1.54. The van der Waals surface area contributed by atoms with Gasteiger partial charge in [0.2, 0.25) is 0 Å². The smallest absolute Gasteiger partial charge is 0.262 e. The number of thiazole rings is 1. The van der Waals surface area contributed by atoms with E-state index < -0.39 is 0 Å². The second kappa shape index (κ2) is 8.87. The molecule has 2 N–H and O–H groups in total. The van der Waals surface area contributed by atoms with Crippen molar-refractivity contribution in [2.75, 3.05) is 17.2 Å². The van der Waals surface area contributed by atoms with Gasteiger partial charge >= 0.3 is 0 Å². The van der Waals surface area contributed by atoms with Crippen LogP contribution in [0.15, 0.2) is 60.1 Å². The number of hydrogen-bond acceptors (Lipinski definition) is 5. The van der Waals surface area contributed by atoms with Crippen molar-refractivity contribution >= 4 is 34.0 Å². The van der Waals surface area contributed by atoms with E-state index in [0.717, 1.165) is 0 Å². The van der Waals surface area contributed by atoms with Crippen LogP contribution in [0.4, 0.5) is 10.8 Å². The van der Waals surface area contributed by atoms with Gasteiger partial charge in [-0.1, -0.05) is 39.0 Å². The molecule has 0 aliphatic rings. The predicted molar refractivity (Wildman–Crippen MR) is 116 cm³/mol. The molecule has 2 aromatic carbocycles. The number of amides is 2. The highest BCUT2D eigenvalue weighted by atomic mass is 32.1. The summed E-state index contributed by atoms with van der Waals surface area (Å²) in [6.45, 7) is 6.30. The highest BCUT2D eigenvalue weighted by Gasteiger charge is 2.13. The monoisotopic (exact) mass is 409 g/mol. The Morgan fingerprint density at radius 3 is 2.48 bits per heavy atom. The van der Waals surface area contributed by atoms with Crippen molar-refractivity contribution in [3.05, 3.63) is 71.2 Å². The van der Waals surface area contributed by atoms with Gasteiger partial charge in [-0.3, -0.25) is 14.9 Å². The number of hydrogen-bond donors (Lipinski definition) is 2. The minimum Gasteiger partial charge on any atom is -0.484 e. The first-order chi connectivity index (χ1) is 13.8. The van der Waals surface area contributed by atoms with Crippen LogP contribution in [0.3, 0.4) is 0 Å². The first kappa shape index (κ1) is 20.5. The highest BCUT2D eigenvalue weighted by molar-refractivity contribution is 7.13. The summed E-state index contributed by atoms with van der Waals surface area (Å²) in [6.07, 6.45) is 1.62. The lowest BCUT2D eigenvalue weighted by Crippen LogP contribution is -2.20. The average molecular weight is 410 g/mol. The van der Waals surface area contributed by atoms with Gasteiger partial charge in [-0.05, 0) is 41.3 Å². The van der Waals surface area contributed by atoms with Crippen LogP contribution in [0, 0.1) is 0 Å². The van der Waals surface area contributed by atoms with E-state index in [1.54, 1.807) is 35.8 Å². The number of benzene rings is 2. The third-order valence-electron chi connectivity index (χ3n) is 4.15. The van der Waals surface area contributed by atoms with Crippen LogP contribution in [0.1, 0.15) is 36.7 Å². The molecule has 6 nitrogen and oxygen atoms in total. The van der Waals surface area contributed by atoms with E-state index in [4.69, 9.17) is 4.74 Å². The van der Waals surface area contributed by atoms with E-state index in [2.05, 4.69) is 36.4 Å². The van der Waals surface area contributed by atoms with Crippen molar-refractivity contribution < 1.29 is 14.3 Å². The van der Waals surface area contributed by atoms with Crippen molar-refractivity contribution in [2.24, 2.45) is 0 Å². The fourth-order valence-corrected chi connectivity index (χ4v) is 3.11. The number of carbonyl (C=O) groups is 2. The predicted octanol–water partition coefficient (Wildman–Crippen LogP) is 4.71. The van der Waals surface area contributed by atoms with Crippen LogP contribution >= 0.6 is 11.3 Å². The van der Waals surface area contributed by atoms with E-state index in [1.807, 2.05) is 24.3 Å². The van der Waals surface area contributed by atoms with Crippen LogP contribution < -0.4 is 15.4 Å². The number of carbonyl (C=O) groups excluding carboxylic acids is 2. The van der Waals surface area contributed by atoms with Crippen molar-refractivity contribution in [3.63, 3.8) is 0 Å². The van der Waals surface area contributed by atoms with Gasteiger partial charge in [0.15, 0.2) is 11.7 Å². The molecule has 0 aliphatic carbocycles. The summed E-state index contributed by atoms with van der Waals surface area (Å²) in [6, 6.07) is 14.4. The Hall–Kier alpha value is -3.19. The number of aromatic nitrogens is 1. The molecule has 0 aliphatic heterocycles. The lowest BCUT2D eigenvalue weighted by Gasteiger charge is -2.19. The van der Waals surface area contributed by atoms with Crippen LogP contribution in [0.5, 0.6) is 5.75 Å². The fraction of sp³-hybridized carbons (Fsp3) is 0.227. The molecule has 0 radical (unpaired) electrons. The van der Waals surface area contributed by atoms with Crippen molar-refractivity contribution in [2.45, 2.75) is 26.2 Å². The second-order valence-corrected chi connectivity index (χ2v) is 8.38. The summed E-state index contributed by atoms with van der Waals surface area (Å²) in [5.41, 5.74) is 2.21. The maximum Gasteiger partial charge on any atom is 0.262 e. The Morgan fingerprint density at radius 2 is 1.83 bits per heavy atom. The van der Waals surface area contributed by atoms with Gasteiger partial charge in [0.1, 0.15) is 5.75 Å². The molecule has 0 atom stereocenters. The van der Waals surface area contributed by atoms with E-state index in [1.165, 1.54) is 16.9 Å². The van der Waals surface area contributed by atoms with E-state index in [-0.39, 0.29) is 23.8 Å². The molecule has 0 fully saturated rings. The zero-order valence-corrected chi connectivity index (χ0v) is 17.4. The Kier molecular flexibility index (Phi) is 6.29. The third kappa shape index (κ3) is 5.89. The Bertz CT molecular complexity index is 977. The molecule has 29 heavy (non-hydrogen) atoms. The molecule has 0 spiro atoms. The maximum absolute atomic E-state index is 12.3. The second-order valence-electron chi connectivity index (χ2n) is 7.48. The van der Waals surface area contributed by atoms with Crippen LogP contribution in [-0.4, -0.2) is 23.4 Å². The van der Waals surface area contributed by atoms with E-state index >= 15 is 0 Å². The Morgan fingerprint density at radius 1 is 1.07 bits per heavy atom. The van der Waals surface area contributed by atoms with Crippen molar-refractivity contribution in [3.8, 4) is 5.75 Å². The summed E-state index contributed by atoms with van der Waals surface area (Å²) in [7, 11) is 0. The van der Waals surface area contributed by atoms with Gasteiger partial charge in [0.25, 0.3) is 11.8 Å². The van der Waals surface area contributed by atoms with Crippen LogP contribution in [0.2, 0.25) is 0 Å². The Labute approximate surface area is 173 Å². The molecule has 0 saturated carbocycles. The van der Waals surface area contributed by atoms with E-state index in [0.29, 0.717) is 22.1 Å². The summed E-state index contributed by atoms with van der Waals surface area (Å²) in [5.74, 6) is 0.0401. The quantitative estimate of drug-likeness (QED) is 0.618. The lowest BCUT2D eigenvalue weighted by molar-refractivity contribution is -0.118. The largest absolute Gasteiger partial charge is 0.484 e. The zero-order chi connectivity index (χ0) is 20.9. The third-order valence-corrected chi connectivity index (χ3v) is 4.84. The zero-order valence-electron chi connectivity index (χ0n) is 16.6. The first-order valence-corrected chi connectivity index (χ1v) is 10.0. The number of ether oxygens (including phenoxy) is 1. The SMILES string of the molecule is CC(C)(C)c1ccc(OCC(=O)Nc2cccc(C(=O)Nc3nccs3)c2)cc1. The molecule has 0 bridgehead atoms. The molecule has 3 rings (SSSR count). The van der Waals surface area contributed by atoms with Crippen LogP contribution in [-0.2, 0) is 10.2 Å². The molecular weight excluding hydrogens is 386 g/mol. The summed E-state index contributed by atoms with van der Waals surface area (Å²) >= 11 is 1.34. The molecule has 7 heteroatoms. The minimum absolute atomic E-state index is 0.0623. The molecule has 150 valence electrons. The van der Waals surface area contributed by atoms with E-state index in [9.17, 15) is 9.59 Å². The van der Waals surface area contributed by atoms with Gasteiger partial charge in [0, 0.05) is 22.8 Å². The molecule has 0 saturated heterocycles. The van der Waals surface area contributed by atoms with Gasteiger partial charge in [-0.25, -0.2) is 4.98 Å². The molecule has 1 aromatic heterocycles. The number of anilines is 2. The number of nitrogens with zero attached hydrogens (tertiary/aromatic N) is 1. The van der Waals surface area contributed by atoms with Crippen molar-refractivity contribution in [1.82, 2.24) is 4.98 Å². The molecule has 3 aromatic rings. The minimum atomic E-state index is -0.303. The van der Waals surface area contributed by atoms with Crippen LogP contribution in [0.25, 0.3) is 0 Å². The van der Waals surface area contributed by atoms with Gasteiger partial charge in [-0.2, -0.15) is 0 Å². The number of rotatable bonds is 6. The van der Waals surface area contributed by atoms with Gasteiger partial charge < -0.3 is 10.1 Å². The molecule has 1 heterocycles. The summed E-state index contributed by atoms with van der Waals surface area (Å²) in [4.78, 5) is 28.5.